The third-order valence-corrected chi connectivity index (χ3v) is 3.34. The zero-order valence-corrected chi connectivity index (χ0v) is 10.3. The topological polar surface area (TPSA) is 49.3 Å². The fourth-order valence-electron chi connectivity index (χ4n) is 2.28. The monoisotopic (exact) mass is 253 g/mol. The molecule has 1 aromatic rings. The van der Waals surface area contributed by atoms with Gasteiger partial charge in [0.1, 0.15) is 0 Å². The molecule has 0 amide bonds. The predicted octanol–water partition coefficient (Wildman–Crippen LogP) is 2.26. The van der Waals surface area contributed by atoms with Gasteiger partial charge in [-0.1, -0.05) is 17.7 Å². The van der Waals surface area contributed by atoms with E-state index in [9.17, 15) is 4.79 Å². The van der Waals surface area contributed by atoms with Crippen molar-refractivity contribution in [2.45, 2.75) is 31.7 Å². The Morgan fingerprint density at radius 2 is 2.18 bits per heavy atom. The van der Waals surface area contributed by atoms with Gasteiger partial charge < -0.3 is 10.4 Å². The van der Waals surface area contributed by atoms with Crippen LogP contribution in [0.1, 0.15) is 24.0 Å². The molecule has 1 aliphatic rings. The minimum atomic E-state index is -0.728. The number of carbonyl (C=O) groups is 1. The second kappa shape index (κ2) is 5.52. The number of fused-ring (bicyclic) bond motifs is 1. The van der Waals surface area contributed by atoms with Crippen LogP contribution in [0.25, 0.3) is 0 Å². The predicted molar refractivity (Wildman–Crippen MR) is 67.5 cm³/mol. The number of carboxylic acids is 1. The van der Waals surface area contributed by atoms with E-state index in [4.69, 9.17) is 16.7 Å². The van der Waals surface area contributed by atoms with Crippen LogP contribution in [0.3, 0.4) is 0 Å². The van der Waals surface area contributed by atoms with Crippen molar-refractivity contribution in [3.8, 4) is 0 Å². The highest BCUT2D eigenvalue weighted by Gasteiger charge is 2.20. The molecule has 0 heterocycles. The Kier molecular flexibility index (Phi) is 4.02. The van der Waals surface area contributed by atoms with E-state index in [1.807, 2.05) is 12.1 Å². The van der Waals surface area contributed by atoms with E-state index in [2.05, 4.69) is 11.4 Å². The summed E-state index contributed by atoms with van der Waals surface area (Å²) in [6.45, 7) is 0.763. The number of carboxylic acid groups (broad SMARTS) is 1. The Bertz CT molecular complexity index is 420. The fourth-order valence-corrected chi connectivity index (χ4v) is 2.47. The Balaban J connectivity index is 1.78. The van der Waals surface area contributed by atoms with E-state index in [1.54, 1.807) is 0 Å². The molecule has 1 atom stereocenters. The number of hydrogen-bond donors (Lipinski definition) is 2. The van der Waals surface area contributed by atoms with E-state index in [-0.39, 0.29) is 6.42 Å². The first-order valence-electron chi connectivity index (χ1n) is 5.87. The summed E-state index contributed by atoms with van der Waals surface area (Å²) in [5, 5.41) is 12.7. The number of nitrogens with one attached hydrogen (secondary N) is 1. The molecule has 1 aliphatic carbocycles. The van der Waals surface area contributed by atoms with Crippen LogP contribution >= 0.6 is 11.6 Å². The summed E-state index contributed by atoms with van der Waals surface area (Å²) in [5.74, 6) is -0.728. The third-order valence-electron chi connectivity index (χ3n) is 3.10. The van der Waals surface area contributed by atoms with Crippen molar-refractivity contribution in [3.05, 3.63) is 34.3 Å². The molecule has 2 rings (SSSR count). The molecule has 0 aliphatic heterocycles. The first kappa shape index (κ1) is 12.4. The lowest BCUT2D eigenvalue weighted by Crippen LogP contribution is -2.30. The van der Waals surface area contributed by atoms with Gasteiger partial charge in [0.05, 0.1) is 0 Å². The van der Waals surface area contributed by atoms with Crippen molar-refractivity contribution in [1.29, 1.82) is 0 Å². The SMILES string of the molecule is O=C(O)CCCNC1Cc2ccc(Cl)cc2C1. The molecule has 2 N–H and O–H groups in total. The van der Waals surface area contributed by atoms with Crippen LogP contribution in [0, 0.1) is 0 Å². The molecule has 0 radical (unpaired) electrons. The fraction of sp³-hybridized carbons (Fsp3) is 0.462. The van der Waals surface area contributed by atoms with E-state index in [1.165, 1.54) is 11.1 Å². The highest BCUT2D eigenvalue weighted by atomic mass is 35.5. The van der Waals surface area contributed by atoms with Gasteiger partial charge in [0, 0.05) is 17.5 Å². The van der Waals surface area contributed by atoms with Gasteiger partial charge in [0.15, 0.2) is 0 Å². The van der Waals surface area contributed by atoms with Crippen molar-refractivity contribution < 1.29 is 9.90 Å². The zero-order chi connectivity index (χ0) is 12.3. The highest BCUT2D eigenvalue weighted by Crippen LogP contribution is 2.25. The average molecular weight is 254 g/mol. The molecule has 3 nitrogen and oxygen atoms in total. The van der Waals surface area contributed by atoms with E-state index in [0.29, 0.717) is 12.5 Å². The van der Waals surface area contributed by atoms with Crippen molar-refractivity contribution in [1.82, 2.24) is 5.32 Å². The van der Waals surface area contributed by atoms with Crippen LogP contribution in [0.4, 0.5) is 0 Å². The largest absolute Gasteiger partial charge is 0.481 e. The number of halogens is 1. The maximum absolute atomic E-state index is 10.4. The molecule has 0 fully saturated rings. The number of benzene rings is 1. The van der Waals surface area contributed by atoms with E-state index < -0.39 is 5.97 Å². The van der Waals surface area contributed by atoms with Gasteiger partial charge in [-0.2, -0.15) is 0 Å². The van der Waals surface area contributed by atoms with E-state index >= 15 is 0 Å². The van der Waals surface area contributed by atoms with Crippen LogP contribution in [-0.2, 0) is 17.6 Å². The van der Waals surface area contributed by atoms with Gasteiger partial charge in [0.2, 0.25) is 0 Å². The van der Waals surface area contributed by atoms with Gasteiger partial charge in [-0.3, -0.25) is 4.79 Å². The smallest absolute Gasteiger partial charge is 0.303 e. The molecule has 4 heteroatoms. The van der Waals surface area contributed by atoms with Gasteiger partial charge in [-0.05, 0) is 49.1 Å². The van der Waals surface area contributed by atoms with Gasteiger partial charge in [-0.15, -0.1) is 0 Å². The van der Waals surface area contributed by atoms with Crippen molar-refractivity contribution in [2.75, 3.05) is 6.54 Å². The standard InChI is InChI=1S/C13H16ClNO2/c14-11-4-3-9-7-12(8-10(9)6-11)15-5-1-2-13(16)17/h3-4,6,12,15H,1-2,5,7-8H2,(H,16,17). The first-order chi connectivity index (χ1) is 8.15. The lowest BCUT2D eigenvalue weighted by molar-refractivity contribution is -0.137. The Morgan fingerprint density at radius 3 is 2.94 bits per heavy atom. The summed E-state index contributed by atoms with van der Waals surface area (Å²) < 4.78 is 0. The number of rotatable bonds is 5. The Hall–Kier alpha value is -1.06. The van der Waals surface area contributed by atoms with E-state index in [0.717, 1.165) is 24.4 Å². The molecule has 0 spiro atoms. The van der Waals surface area contributed by atoms with Crippen molar-refractivity contribution in [3.63, 3.8) is 0 Å². The normalized spacial score (nSPS) is 18.1. The van der Waals surface area contributed by atoms with Crippen molar-refractivity contribution >= 4 is 17.6 Å². The molecule has 17 heavy (non-hydrogen) atoms. The highest BCUT2D eigenvalue weighted by molar-refractivity contribution is 6.30. The quantitative estimate of drug-likeness (QED) is 0.792. The van der Waals surface area contributed by atoms with Crippen LogP contribution in [0.15, 0.2) is 18.2 Å². The molecule has 92 valence electrons. The minimum Gasteiger partial charge on any atom is -0.481 e. The summed E-state index contributed by atoms with van der Waals surface area (Å²) in [5.41, 5.74) is 2.67. The molecule has 0 saturated carbocycles. The van der Waals surface area contributed by atoms with Crippen LogP contribution in [0.2, 0.25) is 5.02 Å². The number of aliphatic carboxylic acids is 1. The summed E-state index contributed by atoms with van der Waals surface area (Å²) in [4.78, 5) is 10.4. The summed E-state index contributed by atoms with van der Waals surface area (Å²) in [6, 6.07) is 6.46. The molecule has 0 aromatic heterocycles. The minimum absolute atomic E-state index is 0.235. The molecular weight excluding hydrogens is 238 g/mol. The first-order valence-corrected chi connectivity index (χ1v) is 6.25. The van der Waals surface area contributed by atoms with Crippen molar-refractivity contribution in [2.24, 2.45) is 0 Å². The Morgan fingerprint density at radius 1 is 1.41 bits per heavy atom. The van der Waals surface area contributed by atoms with Crippen LogP contribution in [-0.4, -0.2) is 23.7 Å². The molecule has 0 saturated heterocycles. The molecule has 0 bridgehead atoms. The van der Waals surface area contributed by atoms with Crippen LogP contribution in [0.5, 0.6) is 0 Å². The zero-order valence-electron chi connectivity index (χ0n) is 9.58. The molecular formula is C13H16ClNO2. The summed E-state index contributed by atoms with van der Waals surface area (Å²) in [7, 11) is 0. The average Bonchev–Trinajstić information content (AvgIpc) is 2.66. The maximum Gasteiger partial charge on any atom is 0.303 e. The lowest BCUT2D eigenvalue weighted by atomic mass is 10.1. The van der Waals surface area contributed by atoms with Crippen LogP contribution < -0.4 is 5.32 Å². The summed E-state index contributed by atoms with van der Waals surface area (Å²) >= 11 is 5.95. The maximum atomic E-state index is 10.4. The lowest BCUT2D eigenvalue weighted by Gasteiger charge is -2.10. The molecule has 1 aromatic carbocycles. The number of hydrogen-bond acceptors (Lipinski definition) is 2. The van der Waals surface area contributed by atoms with Gasteiger partial charge in [0.25, 0.3) is 0 Å². The third kappa shape index (κ3) is 3.45. The summed E-state index contributed by atoms with van der Waals surface area (Å²) in [6.07, 6.45) is 2.92. The van der Waals surface area contributed by atoms with Gasteiger partial charge >= 0.3 is 5.97 Å². The second-order valence-corrected chi connectivity index (χ2v) is 4.91. The second-order valence-electron chi connectivity index (χ2n) is 4.47. The molecule has 1 unspecified atom stereocenters. The Labute approximate surface area is 106 Å². The van der Waals surface area contributed by atoms with Gasteiger partial charge in [-0.25, -0.2) is 0 Å².